The van der Waals surface area contributed by atoms with Crippen LogP contribution in [0.4, 0.5) is 5.82 Å². The predicted octanol–water partition coefficient (Wildman–Crippen LogP) is 1.62. The standard InChI is InChI=1S/C13H14N4OS/c1-18-9-4-2-8(3-5-9)11-10-6-7-15-12(10)17(16-11)13(14)19/h2-5,15H,6-7H2,1H3,(H2,14,19). The van der Waals surface area contributed by atoms with Crippen molar-refractivity contribution in [3.8, 4) is 17.0 Å². The number of hydrogen-bond acceptors (Lipinski definition) is 4. The number of nitrogens with one attached hydrogen (secondary N) is 1. The molecule has 0 radical (unpaired) electrons. The van der Waals surface area contributed by atoms with E-state index in [1.165, 1.54) is 0 Å². The topological polar surface area (TPSA) is 65.1 Å². The molecule has 0 aliphatic carbocycles. The summed E-state index contributed by atoms with van der Waals surface area (Å²) in [6.07, 6.45) is 0.930. The number of nitrogens with zero attached hydrogens (tertiary/aromatic N) is 2. The molecule has 0 atom stereocenters. The van der Waals surface area contributed by atoms with Crippen LogP contribution in [-0.2, 0) is 6.42 Å². The molecule has 2 aromatic rings. The minimum atomic E-state index is 0.255. The van der Waals surface area contributed by atoms with Crippen LogP contribution in [0.3, 0.4) is 0 Å². The molecule has 1 aromatic carbocycles. The highest BCUT2D eigenvalue weighted by atomic mass is 32.1. The van der Waals surface area contributed by atoms with Crippen LogP contribution in [0.2, 0.25) is 0 Å². The van der Waals surface area contributed by atoms with Crippen LogP contribution in [0, 0.1) is 0 Å². The van der Waals surface area contributed by atoms with E-state index >= 15 is 0 Å². The predicted molar refractivity (Wildman–Crippen MR) is 78.6 cm³/mol. The molecule has 0 spiro atoms. The Kier molecular flexibility index (Phi) is 2.87. The fourth-order valence-electron chi connectivity index (χ4n) is 2.31. The number of fused-ring (bicyclic) bond motifs is 1. The van der Waals surface area contributed by atoms with Gasteiger partial charge in [0, 0.05) is 17.7 Å². The summed E-state index contributed by atoms with van der Waals surface area (Å²) >= 11 is 5.02. The first kappa shape index (κ1) is 12.0. The summed E-state index contributed by atoms with van der Waals surface area (Å²) in [7, 11) is 1.65. The smallest absolute Gasteiger partial charge is 0.193 e. The van der Waals surface area contributed by atoms with Gasteiger partial charge in [-0.15, -0.1) is 0 Å². The first-order chi connectivity index (χ1) is 9.20. The van der Waals surface area contributed by atoms with E-state index in [1.807, 2.05) is 24.3 Å². The molecule has 98 valence electrons. The summed E-state index contributed by atoms with van der Waals surface area (Å²) in [4.78, 5) is 0. The van der Waals surface area contributed by atoms with Crippen molar-refractivity contribution >= 4 is 23.1 Å². The molecule has 1 aliphatic rings. The maximum atomic E-state index is 5.70. The molecule has 0 saturated heterocycles. The number of ether oxygens (including phenoxy) is 1. The molecular formula is C13H14N4OS. The van der Waals surface area contributed by atoms with E-state index in [2.05, 4.69) is 10.4 Å². The summed E-state index contributed by atoms with van der Waals surface area (Å²) in [5, 5.41) is 8.03. The van der Waals surface area contributed by atoms with Crippen molar-refractivity contribution in [3.63, 3.8) is 0 Å². The average Bonchev–Trinajstić information content (AvgIpc) is 3.00. The van der Waals surface area contributed by atoms with Gasteiger partial charge >= 0.3 is 0 Å². The van der Waals surface area contributed by atoms with Crippen LogP contribution in [0.1, 0.15) is 5.56 Å². The molecule has 0 unspecified atom stereocenters. The fraction of sp³-hybridized carbons (Fsp3) is 0.231. The summed E-state index contributed by atoms with van der Waals surface area (Å²) in [6.45, 7) is 0.888. The Balaban J connectivity index is 2.09. The first-order valence-electron chi connectivity index (χ1n) is 6.00. The van der Waals surface area contributed by atoms with E-state index in [9.17, 15) is 0 Å². The number of rotatable bonds is 2. The van der Waals surface area contributed by atoms with Gasteiger partial charge in [0.25, 0.3) is 0 Å². The summed E-state index contributed by atoms with van der Waals surface area (Å²) in [5.41, 5.74) is 8.82. The highest BCUT2D eigenvalue weighted by Gasteiger charge is 2.23. The third-order valence-electron chi connectivity index (χ3n) is 3.22. The molecule has 6 heteroatoms. The van der Waals surface area contributed by atoms with E-state index in [-0.39, 0.29) is 5.11 Å². The van der Waals surface area contributed by atoms with Crippen molar-refractivity contribution in [2.75, 3.05) is 19.0 Å². The minimum Gasteiger partial charge on any atom is -0.497 e. The van der Waals surface area contributed by atoms with Crippen LogP contribution >= 0.6 is 12.2 Å². The Bertz CT molecular complexity index is 633. The van der Waals surface area contributed by atoms with E-state index in [0.717, 1.165) is 41.4 Å². The van der Waals surface area contributed by atoms with Crippen LogP contribution in [0.5, 0.6) is 5.75 Å². The second-order valence-corrected chi connectivity index (χ2v) is 4.75. The van der Waals surface area contributed by atoms with Crippen molar-refractivity contribution in [2.45, 2.75) is 6.42 Å². The van der Waals surface area contributed by atoms with Gasteiger partial charge in [-0.3, -0.25) is 0 Å². The molecular weight excluding hydrogens is 260 g/mol. The molecule has 1 aromatic heterocycles. The molecule has 3 N–H and O–H groups in total. The number of anilines is 1. The van der Waals surface area contributed by atoms with Crippen molar-refractivity contribution < 1.29 is 4.74 Å². The minimum absolute atomic E-state index is 0.255. The molecule has 2 heterocycles. The zero-order valence-electron chi connectivity index (χ0n) is 10.5. The molecule has 1 aliphatic heterocycles. The summed E-state index contributed by atoms with van der Waals surface area (Å²) < 4.78 is 6.76. The molecule has 0 bridgehead atoms. The van der Waals surface area contributed by atoms with Crippen LogP contribution < -0.4 is 15.8 Å². The van der Waals surface area contributed by atoms with Crippen LogP contribution in [0.15, 0.2) is 24.3 Å². The van der Waals surface area contributed by atoms with Gasteiger partial charge in [0.2, 0.25) is 0 Å². The number of benzene rings is 1. The highest BCUT2D eigenvalue weighted by molar-refractivity contribution is 7.80. The number of thiocarbonyl (C=S) groups is 1. The number of nitrogens with two attached hydrogens (primary N) is 1. The lowest BCUT2D eigenvalue weighted by Gasteiger charge is -2.03. The second-order valence-electron chi connectivity index (χ2n) is 4.33. The molecule has 3 rings (SSSR count). The van der Waals surface area contributed by atoms with Crippen molar-refractivity contribution in [1.82, 2.24) is 9.78 Å². The van der Waals surface area contributed by atoms with Gasteiger partial charge < -0.3 is 15.8 Å². The highest BCUT2D eigenvalue weighted by Crippen LogP contribution is 2.33. The number of methoxy groups -OCH3 is 1. The second kappa shape index (κ2) is 4.55. The quantitative estimate of drug-likeness (QED) is 0.815. The van der Waals surface area contributed by atoms with E-state index in [0.29, 0.717) is 0 Å². The van der Waals surface area contributed by atoms with Crippen molar-refractivity contribution in [3.05, 3.63) is 29.8 Å². The monoisotopic (exact) mass is 274 g/mol. The van der Waals surface area contributed by atoms with Gasteiger partial charge in [0.15, 0.2) is 5.11 Å². The zero-order chi connectivity index (χ0) is 13.4. The van der Waals surface area contributed by atoms with E-state index in [4.69, 9.17) is 22.7 Å². The zero-order valence-corrected chi connectivity index (χ0v) is 11.3. The van der Waals surface area contributed by atoms with E-state index in [1.54, 1.807) is 11.8 Å². The van der Waals surface area contributed by atoms with Gasteiger partial charge in [0.1, 0.15) is 11.6 Å². The lowest BCUT2D eigenvalue weighted by atomic mass is 10.1. The SMILES string of the molecule is COc1ccc(-c2nn(C(N)=S)c3c2CCN3)cc1. The lowest BCUT2D eigenvalue weighted by Crippen LogP contribution is -2.22. The normalized spacial score (nSPS) is 12.9. The maximum absolute atomic E-state index is 5.70. The van der Waals surface area contributed by atoms with Crippen LogP contribution in [-0.4, -0.2) is 28.5 Å². The molecule has 0 fully saturated rings. The largest absolute Gasteiger partial charge is 0.497 e. The van der Waals surface area contributed by atoms with Crippen molar-refractivity contribution in [2.24, 2.45) is 5.73 Å². The Labute approximate surface area is 116 Å². The molecule has 0 saturated carbocycles. The average molecular weight is 274 g/mol. The van der Waals surface area contributed by atoms with Gasteiger partial charge in [0.05, 0.1) is 12.8 Å². The number of aromatic nitrogens is 2. The third kappa shape index (κ3) is 1.94. The Hall–Kier alpha value is -2.08. The Morgan fingerprint density at radius 2 is 2.16 bits per heavy atom. The lowest BCUT2D eigenvalue weighted by molar-refractivity contribution is 0.415. The summed E-state index contributed by atoms with van der Waals surface area (Å²) in [6, 6.07) is 7.82. The number of hydrogen-bond donors (Lipinski definition) is 2. The molecule has 0 amide bonds. The first-order valence-corrected chi connectivity index (χ1v) is 6.41. The van der Waals surface area contributed by atoms with E-state index < -0.39 is 0 Å². The van der Waals surface area contributed by atoms with Crippen LogP contribution in [0.25, 0.3) is 11.3 Å². The Morgan fingerprint density at radius 1 is 1.42 bits per heavy atom. The molecule has 5 nitrogen and oxygen atoms in total. The molecule has 19 heavy (non-hydrogen) atoms. The maximum Gasteiger partial charge on any atom is 0.193 e. The van der Waals surface area contributed by atoms with Gasteiger partial charge in [-0.25, -0.2) is 0 Å². The van der Waals surface area contributed by atoms with Gasteiger partial charge in [-0.05, 0) is 42.9 Å². The van der Waals surface area contributed by atoms with Gasteiger partial charge in [-0.1, -0.05) is 0 Å². The van der Waals surface area contributed by atoms with Crippen molar-refractivity contribution in [1.29, 1.82) is 0 Å². The van der Waals surface area contributed by atoms with Gasteiger partial charge in [-0.2, -0.15) is 9.78 Å². The summed E-state index contributed by atoms with van der Waals surface area (Å²) in [5.74, 6) is 1.74. The fourth-order valence-corrected chi connectivity index (χ4v) is 2.45. The third-order valence-corrected chi connectivity index (χ3v) is 3.40. The Morgan fingerprint density at radius 3 is 2.79 bits per heavy atom.